The van der Waals surface area contributed by atoms with Crippen LogP contribution in [-0.2, 0) is 34.0 Å². The number of alkyl halides is 6. The Kier molecular flexibility index (Phi) is 11.6. The van der Waals surface area contributed by atoms with E-state index in [2.05, 4.69) is 5.32 Å². The van der Waals surface area contributed by atoms with Gasteiger partial charge in [0.1, 0.15) is 0 Å². The van der Waals surface area contributed by atoms with Crippen LogP contribution < -0.4 is 5.32 Å². The zero-order valence-electron chi connectivity index (χ0n) is 30.1. The van der Waals surface area contributed by atoms with Crippen molar-refractivity contribution in [2.75, 3.05) is 26.2 Å². The first kappa shape index (κ1) is 39.5. The Balaban J connectivity index is 0.000000125. The minimum Gasteiger partial charge on any atom is -0.333 e. The van der Waals surface area contributed by atoms with Crippen molar-refractivity contribution >= 4 is 17.6 Å². The third-order valence-corrected chi connectivity index (χ3v) is 11.1. The molecule has 3 aromatic rings. The van der Waals surface area contributed by atoms with E-state index in [1.807, 2.05) is 95.9 Å². The van der Waals surface area contributed by atoms with Gasteiger partial charge in [0, 0.05) is 71.5 Å². The molecule has 4 aliphatic heterocycles. The molecule has 2 saturated carbocycles. The molecule has 0 atom stereocenters. The van der Waals surface area contributed by atoms with Crippen LogP contribution >= 0.6 is 0 Å². The summed E-state index contributed by atoms with van der Waals surface area (Å²) in [6.07, 6.45) is 2.72. The number of carbonyl (C=O) groups is 3. The topological polar surface area (TPSA) is 73.0 Å². The highest BCUT2D eigenvalue weighted by molar-refractivity contribution is 6.37. The van der Waals surface area contributed by atoms with Gasteiger partial charge in [0.2, 0.25) is 5.78 Å². The number of rotatable bonds is 6. The van der Waals surface area contributed by atoms with Crippen LogP contribution in [0.15, 0.2) is 91.0 Å². The highest BCUT2D eigenvalue weighted by Crippen LogP contribution is 2.58. The van der Waals surface area contributed by atoms with Crippen molar-refractivity contribution in [2.45, 2.75) is 99.8 Å². The molecule has 2 amide bonds. The third kappa shape index (κ3) is 8.83. The minimum absolute atomic E-state index is 0.0276. The van der Waals surface area contributed by atoms with Gasteiger partial charge in [0.15, 0.2) is 0 Å². The van der Waals surface area contributed by atoms with Gasteiger partial charge in [-0.2, -0.15) is 8.78 Å². The van der Waals surface area contributed by atoms with Gasteiger partial charge in [-0.15, -0.1) is 0 Å². The Bertz CT molecular complexity index is 1750. The maximum atomic E-state index is 13.7. The number of Topliss-reactive ketones (excluding diaryl/α,β-unsaturated/α-hetero) is 1. The number of amides is 2. The quantitative estimate of drug-likeness (QED) is 0.212. The fourth-order valence-corrected chi connectivity index (χ4v) is 7.53. The lowest BCUT2D eigenvalue weighted by molar-refractivity contribution is -0.148. The average Bonchev–Trinajstić information content (AvgIpc) is 4.06. The number of hydrogen-bond acceptors (Lipinski definition) is 5. The Morgan fingerprint density at radius 3 is 1.44 bits per heavy atom. The summed E-state index contributed by atoms with van der Waals surface area (Å²) in [6, 6.07) is 28.7. The lowest BCUT2D eigenvalue weighted by atomic mass is 10.1. The summed E-state index contributed by atoms with van der Waals surface area (Å²) in [5.41, 5.74) is 1.54. The molecule has 13 heteroatoms. The van der Waals surface area contributed by atoms with Crippen molar-refractivity contribution in [3.63, 3.8) is 0 Å². The Morgan fingerprint density at radius 1 is 0.537 bits per heavy atom. The molecule has 4 heterocycles. The molecular formula is C41H46F6N4O3. The van der Waals surface area contributed by atoms with Gasteiger partial charge in [-0.25, -0.2) is 17.6 Å². The second kappa shape index (κ2) is 15.9. The van der Waals surface area contributed by atoms with Crippen LogP contribution in [0.25, 0.3) is 0 Å². The van der Waals surface area contributed by atoms with Crippen molar-refractivity contribution in [3.8, 4) is 0 Å². The van der Waals surface area contributed by atoms with E-state index in [-0.39, 0.29) is 44.0 Å². The molecule has 0 unspecified atom stereocenters. The standard InChI is InChI=1S/C13H15F2N.C11H11F2NO.C11H11NO2.C6H9F2N/c14-13(15)8-9-16(12(13)6-7-12)10-11-4-2-1-3-5-11;12-11(13)6-7-14(10(11)15)8-9-4-2-1-3-5-9;13-10-6-7-12(11(10)14)8-9-4-2-1-3-5-9;7-6(8)3-4-9-5(6)1-2-5/h1-5H,6-10H2;1-5H,6-8H2;1-5H,6-8H2;9H,1-4H2. The Morgan fingerprint density at radius 2 is 1.06 bits per heavy atom. The minimum atomic E-state index is -3.16. The second-order valence-electron chi connectivity index (χ2n) is 14.9. The van der Waals surface area contributed by atoms with Crippen molar-refractivity contribution in [2.24, 2.45) is 0 Å². The molecule has 2 spiro atoms. The molecule has 9 rings (SSSR count). The van der Waals surface area contributed by atoms with Crippen LogP contribution in [0.5, 0.6) is 0 Å². The van der Waals surface area contributed by atoms with Gasteiger partial charge in [0.25, 0.3) is 23.7 Å². The molecule has 2 aliphatic carbocycles. The monoisotopic (exact) mass is 756 g/mol. The lowest BCUT2D eigenvalue weighted by Crippen LogP contribution is -2.41. The van der Waals surface area contributed by atoms with E-state index in [0.29, 0.717) is 64.8 Å². The number of nitrogens with one attached hydrogen (secondary N) is 1. The van der Waals surface area contributed by atoms with E-state index in [0.717, 1.165) is 16.7 Å². The first-order chi connectivity index (χ1) is 25.7. The van der Waals surface area contributed by atoms with Crippen LogP contribution in [0, 0.1) is 0 Å². The average molecular weight is 757 g/mol. The van der Waals surface area contributed by atoms with Crippen molar-refractivity contribution < 1.29 is 40.7 Å². The molecule has 0 bridgehead atoms. The molecule has 0 aromatic heterocycles. The Hall–Kier alpha value is -4.23. The fraction of sp³-hybridized carbons (Fsp3) is 0.488. The zero-order chi connectivity index (χ0) is 38.6. The van der Waals surface area contributed by atoms with Gasteiger partial charge in [-0.05, 0) is 42.4 Å². The summed E-state index contributed by atoms with van der Waals surface area (Å²) >= 11 is 0. The first-order valence-electron chi connectivity index (χ1n) is 18.5. The number of carbonyl (C=O) groups excluding carboxylic acids is 3. The largest absolute Gasteiger partial charge is 0.333 e. The van der Waals surface area contributed by atoms with E-state index < -0.39 is 34.8 Å². The second-order valence-corrected chi connectivity index (χ2v) is 14.9. The van der Waals surface area contributed by atoms with Gasteiger partial charge in [-0.1, -0.05) is 91.0 Å². The maximum absolute atomic E-state index is 13.7. The van der Waals surface area contributed by atoms with Crippen LogP contribution in [0.1, 0.15) is 68.1 Å². The van der Waals surface area contributed by atoms with E-state index in [9.17, 15) is 40.7 Å². The van der Waals surface area contributed by atoms with Crippen LogP contribution in [0.4, 0.5) is 26.3 Å². The summed E-state index contributed by atoms with van der Waals surface area (Å²) in [7, 11) is 0. The third-order valence-electron chi connectivity index (χ3n) is 11.1. The van der Waals surface area contributed by atoms with Crippen LogP contribution in [-0.4, -0.2) is 87.3 Å². The normalized spacial score (nSPS) is 23.3. The van der Waals surface area contributed by atoms with E-state index in [1.54, 1.807) is 4.90 Å². The summed E-state index contributed by atoms with van der Waals surface area (Å²) in [6.45, 7) is 3.21. The SMILES string of the molecule is FC1(F)CCN(Cc2ccccc2)C12CC2.FC1(F)CCNC12CC2.O=C1CCN(Cc2ccccc2)C1=O.O=C1N(Cc2ccccc2)CCC1(F)F. The lowest BCUT2D eigenvalue weighted by Gasteiger charge is -2.27. The number of halogens is 6. The number of benzene rings is 3. The van der Waals surface area contributed by atoms with Crippen LogP contribution in [0.3, 0.4) is 0 Å². The first-order valence-corrected chi connectivity index (χ1v) is 18.5. The number of likely N-dealkylation sites (tertiary alicyclic amines) is 3. The number of ketones is 1. The summed E-state index contributed by atoms with van der Waals surface area (Å²) in [5, 5.41) is 2.85. The fourth-order valence-electron chi connectivity index (χ4n) is 7.53. The van der Waals surface area contributed by atoms with E-state index >= 15 is 0 Å². The molecule has 3 aromatic carbocycles. The van der Waals surface area contributed by atoms with Crippen molar-refractivity contribution in [1.29, 1.82) is 0 Å². The van der Waals surface area contributed by atoms with Gasteiger partial charge in [0.05, 0.1) is 11.1 Å². The van der Waals surface area contributed by atoms with Gasteiger partial charge >= 0.3 is 5.92 Å². The predicted molar refractivity (Wildman–Crippen MR) is 191 cm³/mol. The highest BCUT2D eigenvalue weighted by Gasteiger charge is 2.68. The maximum Gasteiger partial charge on any atom is 0.326 e. The molecule has 4 saturated heterocycles. The summed E-state index contributed by atoms with van der Waals surface area (Å²) < 4.78 is 78.6. The zero-order valence-corrected chi connectivity index (χ0v) is 30.1. The van der Waals surface area contributed by atoms with Crippen molar-refractivity contribution in [1.82, 2.24) is 20.0 Å². The Labute approximate surface area is 311 Å². The molecule has 6 fully saturated rings. The number of hydrogen-bond donors (Lipinski definition) is 1. The molecule has 0 radical (unpaired) electrons. The van der Waals surface area contributed by atoms with Gasteiger partial charge in [-0.3, -0.25) is 19.3 Å². The van der Waals surface area contributed by atoms with Gasteiger partial charge < -0.3 is 15.1 Å². The summed E-state index contributed by atoms with van der Waals surface area (Å²) in [4.78, 5) is 38.3. The van der Waals surface area contributed by atoms with Crippen LogP contribution in [0.2, 0.25) is 0 Å². The molecule has 1 N–H and O–H groups in total. The highest BCUT2D eigenvalue weighted by atomic mass is 19.3. The van der Waals surface area contributed by atoms with E-state index in [1.165, 1.54) is 4.90 Å². The molecule has 290 valence electrons. The number of nitrogens with zero attached hydrogens (tertiary/aromatic N) is 3. The molecular weight excluding hydrogens is 710 g/mol. The van der Waals surface area contributed by atoms with Crippen molar-refractivity contribution in [3.05, 3.63) is 108 Å². The molecule has 6 aliphatic rings. The smallest absolute Gasteiger partial charge is 0.326 e. The molecule has 7 nitrogen and oxygen atoms in total. The van der Waals surface area contributed by atoms with E-state index in [4.69, 9.17) is 0 Å². The molecule has 54 heavy (non-hydrogen) atoms. The summed E-state index contributed by atoms with van der Waals surface area (Å²) in [5.74, 6) is -9.69. The predicted octanol–water partition coefficient (Wildman–Crippen LogP) is 7.25.